The molecule has 0 saturated carbocycles. The largest absolute Gasteiger partial charge is 0.382 e. The average Bonchev–Trinajstić information content (AvgIpc) is 2.34. The number of ether oxygens (including phenoxy) is 2. The second-order valence-corrected chi connectivity index (χ2v) is 5.71. The minimum Gasteiger partial charge on any atom is -0.382 e. The predicted octanol–water partition coefficient (Wildman–Crippen LogP) is 2.76. The number of ketones is 1. The first-order valence-corrected chi connectivity index (χ1v) is 6.61. The fraction of sp³-hybridized carbons (Fsp3) is 0.562. The lowest BCUT2D eigenvalue weighted by atomic mass is 9.86. The van der Waals surface area contributed by atoms with E-state index in [0.717, 1.165) is 5.56 Å². The molecule has 0 amide bonds. The summed E-state index contributed by atoms with van der Waals surface area (Å²) in [5.41, 5.74) is 2.46. The third-order valence-corrected chi connectivity index (χ3v) is 2.92. The van der Waals surface area contributed by atoms with E-state index in [9.17, 15) is 4.79 Å². The molecule has 3 nitrogen and oxygen atoms in total. The van der Waals surface area contributed by atoms with Gasteiger partial charge in [0.25, 0.3) is 0 Å². The van der Waals surface area contributed by atoms with Crippen LogP contribution in [-0.2, 0) is 26.1 Å². The Kier molecular flexibility index (Phi) is 6.19. The Balaban J connectivity index is 2.43. The van der Waals surface area contributed by atoms with Crippen molar-refractivity contribution in [1.82, 2.24) is 0 Å². The zero-order valence-electron chi connectivity index (χ0n) is 12.4. The summed E-state index contributed by atoms with van der Waals surface area (Å²) < 4.78 is 10.1. The van der Waals surface area contributed by atoms with Gasteiger partial charge in [-0.2, -0.15) is 0 Å². The maximum Gasteiger partial charge on any atom is 0.162 e. The Hall–Kier alpha value is -1.19. The van der Waals surface area contributed by atoms with Gasteiger partial charge < -0.3 is 9.47 Å². The molecule has 0 atom stereocenters. The number of Topliss-reactive ketones (excluding diaryl/α,β-unsaturated/α-hetero) is 1. The highest BCUT2D eigenvalue weighted by Crippen LogP contribution is 2.22. The predicted molar refractivity (Wildman–Crippen MR) is 76.5 cm³/mol. The van der Waals surface area contributed by atoms with E-state index in [4.69, 9.17) is 9.47 Å². The van der Waals surface area contributed by atoms with Gasteiger partial charge in [-0.3, -0.25) is 4.79 Å². The van der Waals surface area contributed by atoms with E-state index >= 15 is 0 Å². The fourth-order valence-electron chi connectivity index (χ4n) is 1.73. The minimum atomic E-state index is 0.0969. The molecule has 3 heteroatoms. The molecule has 0 aliphatic rings. The van der Waals surface area contributed by atoms with Crippen LogP contribution in [0.4, 0.5) is 0 Å². The van der Waals surface area contributed by atoms with Gasteiger partial charge in [0.15, 0.2) is 5.78 Å². The van der Waals surface area contributed by atoms with Crippen molar-refractivity contribution in [3.8, 4) is 0 Å². The SMILES string of the molecule is COCCOCC(=O)Cc1ccc(C(C)(C)C)cc1. The van der Waals surface area contributed by atoms with Crippen LogP contribution in [0.2, 0.25) is 0 Å². The third-order valence-electron chi connectivity index (χ3n) is 2.92. The van der Waals surface area contributed by atoms with Gasteiger partial charge >= 0.3 is 0 Å². The second kappa shape index (κ2) is 7.41. The Morgan fingerprint density at radius 2 is 1.74 bits per heavy atom. The highest BCUT2D eigenvalue weighted by Gasteiger charge is 2.13. The summed E-state index contributed by atoms with van der Waals surface area (Å²) in [5, 5.41) is 0. The number of hydrogen-bond acceptors (Lipinski definition) is 3. The summed E-state index contributed by atoms with van der Waals surface area (Å²) in [6, 6.07) is 8.23. The summed E-state index contributed by atoms with van der Waals surface area (Å²) in [4.78, 5) is 11.7. The lowest BCUT2D eigenvalue weighted by Crippen LogP contribution is -2.14. The molecule has 0 saturated heterocycles. The monoisotopic (exact) mass is 264 g/mol. The number of benzene rings is 1. The summed E-state index contributed by atoms with van der Waals surface area (Å²) in [6.45, 7) is 7.67. The molecule has 1 rings (SSSR count). The molecule has 0 aliphatic heterocycles. The van der Waals surface area contributed by atoms with Crippen LogP contribution in [-0.4, -0.2) is 32.7 Å². The molecule has 0 spiro atoms. The van der Waals surface area contributed by atoms with Crippen molar-refractivity contribution in [3.63, 3.8) is 0 Å². The maximum absolute atomic E-state index is 11.7. The first kappa shape index (κ1) is 15.9. The molecule has 0 aliphatic carbocycles. The van der Waals surface area contributed by atoms with Crippen LogP contribution in [0.5, 0.6) is 0 Å². The van der Waals surface area contributed by atoms with Gasteiger partial charge in [0.1, 0.15) is 6.61 Å². The highest BCUT2D eigenvalue weighted by molar-refractivity contribution is 5.82. The van der Waals surface area contributed by atoms with E-state index in [2.05, 4.69) is 32.9 Å². The molecule has 106 valence electrons. The van der Waals surface area contributed by atoms with Crippen LogP contribution in [0.1, 0.15) is 31.9 Å². The van der Waals surface area contributed by atoms with Crippen molar-refractivity contribution < 1.29 is 14.3 Å². The van der Waals surface area contributed by atoms with Crippen LogP contribution in [0.3, 0.4) is 0 Å². The van der Waals surface area contributed by atoms with Crippen LogP contribution in [0, 0.1) is 0 Å². The topological polar surface area (TPSA) is 35.5 Å². The molecule has 0 radical (unpaired) electrons. The molecular weight excluding hydrogens is 240 g/mol. The lowest BCUT2D eigenvalue weighted by molar-refractivity contribution is -0.123. The number of carbonyl (C=O) groups excluding carboxylic acids is 1. The van der Waals surface area contributed by atoms with Crippen molar-refractivity contribution in [2.24, 2.45) is 0 Å². The Morgan fingerprint density at radius 1 is 1.11 bits per heavy atom. The maximum atomic E-state index is 11.7. The van der Waals surface area contributed by atoms with Gasteiger partial charge in [0.2, 0.25) is 0 Å². The highest BCUT2D eigenvalue weighted by atomic mass is 16.5. The molecule has 0 fully saturated rings. The minimum absolute atomic E-state index is 0.0969. The average molecular weight is 264 g/mol. The van der Waals surface area contributed by atoms with Crippen molar-refractivity contribution >= 4 is 5.78 Å². The summed E-state index contributed by atoms with van der Waals surface area (Å²) in [5.74, 6) is 0.0969. The normalized spacial score (nSPS) is 11.6. The van der Waals surface area contributed by atoms with Gasteiger partial charge in [-0.15, -0.1) is 0 Å². The van der Waals surface area contributed by atoms with E-state index in [1.165, 1.54) is 5.56 Å². The third kappa shape index (κ3) is 5.99. The summed E-state index contributed by atoms with van der Waals surface area (Å²) in [6.07, 6.45) is 0.428. The van der Waals surface area contributed by atoms with Crippen molar-refractivity contribution in [2.75, 3.05) is 26.9 Å². The molecule has 0 bridgehead atoms. The number of hydrogen-bond donors (Lipinski definition) is 0. The fourth-order valence-corrected chi connectivity index (χ4v) is 1.73. The van der Waals surface area contributed by atoms with E-state index < -0.39 is 0 Å². The standard InChI is InChI=1S/C16H24O3/c1-16(2,3)14-7-5-13(6-8-14)11-15(17)12-19-10-9-18-4/h5-8H,9-12H2,1-4H3. The van der Waals surface area contributed by atoms with Gasteiger partial charge in [0.05, 0.1) is 13.2 Å². The van der Waals surface area contributed by atoms with E-state index in [1.807, 2.05) is 12.1 Å². The van der Waals surface area contributed by atoms with Crippen LogP contribution >= 0.6 is 0 Å². The van der Waals surface area contributed by atoms with Crippen LogP contribution < -0.4 is 0 Å². The van der Waals surface area contributed by atoms with Gasteiger partial charge in [-0.25, -0.2) is 0 Å². The molecular formula is C16H24O3. The molecule has 1 aromatic rings. The molecule has 0 unspecified atom stereocenters. The lowest BCUT2D eigenvalue weighted by Gasteiger charge is -2.19. The molecule has 19 heavy (non-hydrogen) atoms. The van der Waals surface area contributed by atoms with Gasteiger partial charge in [0, 0.05) is 13.5 Å². The van der Waals surface area contributed by atoms with Crippen LogP contribution in [0.25, 0.3) is 0 Å². The quantitative estimate of drug-likeness (QED) is 0.710. The molecule has 0 heterocycles. The Morgan fingerprint density at radius 3 is 2.26 bits per heavy atom. The van der Waals surface area contributed by atoms with E-state index in [1.54, 1.807) is 7.11 Å². The summed E-state index contributed by atoms with van der Waals surface area (Å²) in [7, 11) is 1.61. The Bertz CT molecular complexity index is 387. The van der Waals surface area contributed by atoms with Crippen molar-refractivity contribution in [1.29, 1.82) is 0 Å². The number of carbonyl (C=O) groups is 1. The molecule has 0 N–H and O–H groups in total. The Labute approximate surface area is 115 Å². The molecule has 0 aromatic heterocycles. The smallest absolute Gasteiger partial charge is 0.162 e. The van der Waals surface area contributed by atoms with Gasteiger partial charge in [-0.05, 0) is 16.5 Å². The number of methoxy groups -OCH3 is 1. The van der Waals surface area contributed by atoms with Crippen LogP contribution in [0.15, 0.2) is 24.3 Å². The summed E-state index contributed by atoms with van der Waals surface area (Å²) >= 11 is 0. The second-order valence-electron chi connectivity index (χ2n) is 5.71. The van der Waals surface area contributed by atoms with Gasteiger partial charge in [-0.1, -0.05) is 45.0 Å². The molecule has 1 aromatic carbocycles. The zero-order chi connectivity index (χ0) is 14.3. The first-order valence-electron chi connectivity index (χ1n) is 6.61. The first-order chi connectivity index (χ1) is 8.93. The number of rotatable bonds is 7. The van der Waals surface area contributed by atoms with Crippen molar-refractivity contribution in [3.05, 3.63) is 35.4 Å². The van der Waals surface area contributed by atoms with E-state index in [0.29, 0.717) is 19.6 Å². The van der Waals surface area contributed by atoms with E-state index in [-0.39, 0.29) is 17.8 Å². The zero-order valence-corrected chi connectivity index (χ0v) is 12.4. The van der Waals surface area contributed by atoms with Crippen molar-refractivity contribution in [2.45, 2.75) is 32.6 Å².